The molecule has 3 heteroatoms. The minimum Gasteiger partial charge on any atom is -0.465 e. The number of nitrogens with zero attached hydrogens (tertiary/aromatic N) is 1. The summed E-state index contributed by atoms with van der Waals surface area (Å²) < 4.78 is 0. The van der Waals surface area contributed by atoms with Crippen LogP contribution in [0, 0.1) is 0 Å². The molecule has 0 saturated carbocycles. The quantitative estimate of drug-likeness (QED) is 0.767. The fraction of sp³-hybridized carbons (Fsp3) is 0.357. The van der Waals surface area contributed by atoms with Crippen molar-refractivity contribution < 1.29 is 9.90 Å². The first-order valence-corrected chi connectivity index (χ1v) is 5.84. The van der Waals surface area contributed by atoms with Gasteiger partial charge in [0.2, 0.25) is 0 Å². The minimum atomic E-state index is -0.893. The van der Waals surface area contributed by atoms with E-state index in [1.54, 1.807) is 6.08 Å². The van der Waals surface area contributed by atoms with Crippen LogP contribution in [0.25, 0.3) is 0 Å². The Balaban J connectivity index is 2.52. The van der Waals surface area contributed by atoms with Gasteiger partial charge in [-0.2, -0.15) is 0 Å². The zero-order valence-electron chi connectivity index (χ0n) is 10.2. The predicted octanol–water partition coefficient (Wildman–Crippen LogP) is 2.96. The molecule has 1 aromatic carbocycles. The molecule has 0 atom stereocenters. The molecule has 0 radical (unpaired) electrons. The van der Waals surface area contributed by atoms with Gasteiger partial charge in [0.1, 0.15) is 0 Å². The van der Waals surface area contributed by atoms with Gasteiger partial charge in [-0.25, -0.2) is 4.79 Å². The summed E-state index contributed by atoms with van der Waals surface area (Å²) in [6.45, 7) is 6.56. The number of carboxylic acid groups (broad SMARTS) is 1. The summed E-state index contributed by atoms with van der Waals surface area (Å²) >= 11 is 0. The first-order valence-electron chi connectivity index (χ1n) is 5.84. The van der Waals surface area contributed by atoms with Gasteiger partial charge in [-0.1, -0.05) is 37.3 Å². The highest BCUT2D eigenvalue weighted by atomic mass is 16.4. The summed E-state index contributed by atoms with van der Waals surface area (Å²) in [4.78, 5) is 12.3. The Morgan fingerprint density at radius 2 is 1.94 bits per heavy atom. The Bertz CT molecular complexity index is 370. The van der Waals surface area contributed by atoms with Crippen LogP contribution in [-0.2, 0) is 12.8 Å². The highest BCUT2D eigenvalue weighted by molar-refractivity contribution is 5.65. The molecule has 0 aliphatic rings. The van der Waals surface area contributed by atoms with Crippen LogP contribution in [-0.4, -0.2) is 29.2 Å². The average Bonchev–Trinajstić information content (AvgIpc) is 2.34. The molecule has 1 rings (SSSR count). The van der Waals surface area contributed by atoms with Gasteiger partial charge in [-0.05, 0) is 24.0 Å². The molecule has 0 aliphatic carbocycles. The number of hydrogen-bond acceptors (Lipinski definition) is 1. The SMILES string of the molecule is C=CCN(CCc1ccc(CC)cc1)C(=O)O. The molecule has 0 unspecified atom stereocenters. The highest BCUT2D eigenvalue weighted by Crippen LogP contribution is 2.06. The fourth-order valence-electron chi connectivity index (χ4n) is 1.63. The summed E-state index contributed by atoms with van der Waals surface area (Å²) in [6.07, 6.45) is 2.48. The van der Waals surface area contributed by atoms with Crippen molar-refractivity contribution in [3.63, 3.8) is 0 Å². The lowest BCUT2D eigenvalue weighted by Crippen LogP contribution is -2.31. The van der Waals surface area contributed by atoms with E-state index in [1.165, 1.54) is 10.5 Å². The topological polar surface area (TPSA) is 40.5 Å². The van der Waals surface area contributed by atoms with E-state index < -0.39 is 6.09 Å². The van der Waals surface area contributed by atoms with Crippen LogP contribution < -0.4 is 0 Å². The summed E-state index contributed by atoms with van der Waals surface area (Å²) in [5.74, 6) is 0. The molecule has 0 spiro atoms. The molecule has 0 saturated heterocycles. The second-order valence-electron chi connectivity index (χ2n) is 3.94. The van der Waals surface area contributed by atoms with Crippen molar-refractivity contribution >= 4 is 6.09 Å². The molecule has 0 aromatic heterocycles. The Morgan fingerprint density at radius 1 is 1.35 bits per heavy atom. The lowest BCUT2D eigenvalue weighted by atomic mass is 10.1. The van der Waals surface area contributed by atoms with Crippen LogP contribution >= 0.6 is 0 Å². The molecule has 1 aromatic rings. The van der Waals surface area contributed by atoms with Crippen LogP contribution in [0.2, 0.25) is 0 Å². The van der Waals surface area contributed by atoms with Crippen molar-refractivity contribution in [1.29, 1.82) is 0 Å². The monoisotopic (exact) mass is 233 g/mol. The Labute approximate surface area is 102 Å². The summed E-state index contributed by atoms with van der Waals surface area (Å²) in [7, 11) is 0. The van der Waals surface area contributed by atoms with Gasteiger partial charge in [0.15, 0.2) is 0 Å². The fourth-order valence-corrected chi connectivity index (χ4v) is 1.63. The molecule has 3 nitrogen and oxygen atoms in total. The van der Waals surface area contributed by atoms with E-state index >= 15 is 0 Å². The largest absolute Gasteiger partial charge is 0.465 e. The first kappa shape index (κ1) is 13.3. The second kappa shape index (κ2) is 6.74. The van der Waals surface area contributed by atoms with Crippen LogP contribution in [0.1, 0.15) is 18.1 Å². The van der Waals surface area contributed by atoms with E-state index in [0.717, 1.165) is 18.4 Å². The summed E-state index contributed by atoms with van der Waals surface area (Å²) in [6, 6.07) is 8.31. The van der Waals surface area contributed by atoms with Gasteiger partial charge in [-0.3, -0.25) is 0 Å². The minimum absolute atomic E-state index is 0.377. The third kappa shape index (κ3) is 4.31. The normalized spacial score (nSPS) is 9.94. The molecular formula is C14H19NO2. The van der Waals surface area contributed by atoms with Gasteiger partial charge in [0.25, 0.3) is 0 Å². The number of benzene rings is 1. The average molecular weight is 233 g/mol. The second-order valence-corrected chi connectivity index (χ2v) is 3.94. The van der Waals surface area contributed by atoms with Gasteiger partial charge < -0.3 is 10.0 Å². The van der Waals surface area contributed by atoms with E-state index in [9.17, 15) is 4.79 Å². The molecule has 0 fully saturated rings. The molecular weight excluding hydrogens is 214 g/mol. The van der Waals surface area contributed by atoms with Crippen LogP contribution in [0.5, 0.6) is 0 Å². The zero-order chi connectivity index (χ0) is 12.7. The summed E-state index contributed by atoms with van der Waals surface area (Å²) in [5.41, 5.74) is 2.47. The molecule has 1 N–H and O–H groups in total. The third-order valence-corrected chi connectivity index (χ3v) is 2.72. The lowest BCUT2D eigenvalue weighted by molar-refractivity contribution is 0.151. The maximum atomic E-state index is 10.9. The van der Waals surface area contributed by atoms with Crippen molar-refractivity contribution in [3.8, 4) is 0 Å². The van der Waals surface area contributed by atoms with E-state index in [2.05, 4.69) is 37.8 Å². The predicted molar refractivity (Wildman–Crippen MR) is 69.3 cm³/mol. The van der Waals surface area contributed by atoms with Gasteiger partial charge in [0.05, 0.1) is 0 Å². The Morgan fingerprint density at radius 3 is 2.41 bits per heavy atom. The van der Waals surface area contributed by atoms with Crippen LogP contribution in [0.4, 0.5) is 4.79 Å². The van der Waals surface area contributed by atoms with Gasteiger partial charge >= 0.3 is 6.09 Å². The highest BCUT2D eigenvalue weighted by Gasteiger charge is 2.08. The molecule has 0 aliphatic heterocycles. The van der Waals surface area contributed by atoms with Crippen molar-refractivity contribution in [2.24, 2.45) is 0 Å². The van der Waals surface area contributed by atoms with Crippen LogP contribution in [0.3, 0.4) is 0 Å². The molecule has 17 heavy (non-hydrogen) atoms. The standard InChI is InChI=1S/C14H19NO2/c1-3-10-15(14(16)17)11-9-13-7-5-12(4-2)6-8-13/h3,5-8H,1,4,9-11H2,2H3,(H,16,17). The number of carbonyl (C=O) groups is 1. The molecule has 0 heterocycles. The smallest absolute Gasteiger partial charge is 0.407 e. The summed E-state index contributed by atoms with van der Waals surface area (Å²) in [5, 5.41) is 8.94. The maximum absolute atomic E-state index is 10.9. The van der Waals surface area contributed by atoms with Crippen molar-refractivity contribution in [3.05, 3.63) is 48.0 Å². The van der Waals surface area contributed by atoms with E-state index in [0.29, 0.717) is 13.1 Å². The maximum Gasteiger partial charge on any atom is 0.407 e. The van der Waals surface area contributed by atoms with Gasteiger partial charge in [0, 0.05) is 13.1 Å². The molecule has 92 valence electrons. The number of amides is 1. The number of hydrogen-bond donors (Lipinski definition) is 1. The zero-order valence-corrected chi connectivity index (χ0v) is 10.2. The van der Waals surface area contributed by atoms with Crippen molar-refractivity contribution in [2.75, 3.05) is 13.1 Å². The van der Waals surface area contributed by atoms with Gasteiger partial charge in [-0.15, -0.1) is 6.58 Å². The number of aryl methyl sites for hydroxylation is 1. The van der Waals surface area contributed by atoms with E-state index in [-0.39, 0.29) is 0 Å². The van der Waals surface area contributed by atoms with E-state index in [1.807, 2.05) is 0 Å². The lowest BCUT2D eigenvalue weighted by Gasteiger charge is -2.16. The van der Waals surface area contributed by atoms with E-state index in [4.69, 9.17) is 5.11 Å². The van der Waals surface area contributed by atoms with Crippen molar-refractivity contribution in [2.45, 2.75) is 19.8 Å². The molecule has 1 amide bonds. The Kier molecular flexibility index (Phi) is 5.27. The number of rotatable bonds is 6. The third-order valence-electron chi connectivity index (χ3n) is 2.72. The van der Waals surface area contributed by atoms with Crippen LogP contribution in [0.15, 0.2) is 36.9 Å². The first-order chi connectivity index (χ1) is 8.17. The Hall–Kier alpha value is -1.77. The van der Waals surface area contributed by atoms with Crippen molar-refractivity contribution in [1.82, 2.24) is 4.90 Å². The molecule has 0 bridgehead atoms.